The van der Waals surface area contributed by atoms with E-state index in [1.165, 1.54) is 5.56 Å². The van der Waals surface area contributed by atoms with Crippen molar-refractivity contribution in [1.29, 1.82) is 0 Å². The van der Waals surface area contributed by atoms with Crippen LogP contribution in [0.15, 0.2) is 23.5 Å². The summed E-state index contributed by atoms with van der Waals surface area (Å²) in [4.78, 5) is 4.65. The Morgan fingerprint density at radius 1 is 1.32 bits per heavy atom. The van der Waals surface area contributed by atoms with E-state index in [0.717, 1.165) is 37.0 Å². The van der Waals surface area contributed by atoms with E-state index in [0.29, 0.717) is 6.54 Å². The summed E-state index contributed by atoms with van der Waals surface area (Å²) in [6, 6.07) is 1.92. The molecule has 0 aromatic carbocycles. The molecule has 7 nitrogen and oxygen atoms in total. The van der Waals surface area contributed by atoms with Crippen LogP contribution in [0.2, 0.25) is 0 Å². The van der Waals surface area contributed by atoms with Gasteiger partial charge in [-0.05, 0) is 26.8 Å². The van der Waals surface area contributed by atoms with Gasteiger partial charge in [0, 0.05) is 43.8 Å². The first kappa shape index (κ1) is 16.1. The van der Waals surface area contributed by atoms with Gasteiger partial charge in [0.1, 0.15) is 0 Å². The Balaban J connectivity index is 1.94. The maximum absolute atomic E-state index is 4.65. The van der Waals surface area contributed by atoms with Gasteiger partial charge >= 0.3 is 0 Å². The average Bonchev–Trinajstić information content (AvgIpc) is 3.07. The van der Waals surface area contributed by atoms with Gasteiger partial charge in [0.25, 0.3) is 0 Å². The summed E-state index contributed by atoms with van der Waals surface area (Å²) >= 11 is 0. The molecule has 0 unspecified atom stereocenters. The molecule has 7 heteroatoms. The fourth-order valence-corrected chi connectivity index (χ4v) is 2.27. The minimum Gasteiger partial charge on any atom is -0.357 e. The van der Waals surface area contributed by atoms with Crippen LogP contribution >= 0.6 is 0 Å². The quantitative estimate of drug-likeness (QED) is 0.616. The van der Waals surface area contributed by atoms with Crippen LogP contribution in [0.3, 0.4) is 0 Å². The molecule has 0 aliphatic rings. The molecule has 2 rings (SSSR count). The molecule has 22 heavy (non-hydrogen) atoms. The van der Waals surface area contributed by atoms with Crippen molar-refractivity contribution in [3.63, 3.8) is 0 Å². The van der Waals surface area contributed by atoms with Crippen LogP contribution in [-0.2, 0) is 20.1 Å². The lowest BCUT2D eigenvalue weighted by molar-refractivity contribution is 0.598. The molecule has 2 aromatic rings. The van der Waals surface area contributed by atoms with Gasteiger partial charge in [-0.3, -0.25) is 9.36 Å². The Morgan fingerprint density at radius 2 is 2.14 bits per heavy atom. The fraction of sp³-hybridized carbons (Fsp3) is 0.533. The molecular weight excluding hydrogens is 278 g/mol. The average molecular weight is 303 g/mol. The van der Waals surface area contributed by atoms with Gasteiger partial charge in [0.2, 0.25) is 0 Å². The Bertz CT molecular complexity index is 610. The van der Waals surface area contributed by atoms with E-state index >= 15 is 0 Å². The minimum atomic E-state index is 0.628. The second-order valence-corrected chi connectivity index (χ2v) is 5.16. The molecule has 2 N–H and O–H groups in total. The zero-order valence-corrected chi connectivity index (χ0v) is 13.8. The molecule has 0 fully saturated rings. The fourth-order valence-electron chi connectivity index (χ4n) is 2.27. The third-order valence-corrected chi connectivity index (χ3v) is 3.59. The number of hydrogen-bond donors (Lipinski definition) is 2. The topological polar surface area (TPSA) is 72.1 Å². The van der Waals surface area contributed by atoms with Gasteiger partial charge in [-0.15, -0.1) is 0 Å². The number of aryl methyl sites for hydroxylation is 2. The molecule has 0 amide bonds. The van der Waals surface area contributed by atoms with Gasteiger partial charge in [-0.2, -0.15) is 10.2 Å². The molecule has 0 atom stereocenters. The first-order valence-electron chi connectivity index (χ1n) is 7.60. The van der Waals surface area contributed by atoms with Gasteiger partial charge in [0.05, 0.1) is 18.8 Å². The highest BCUT2D eigenvalue weighted by Gasteiger charge is 2.08. The zero-order chi connectivity index (χ0) is 15.9. The molecular formula is C15H25N7. The normalized spacial score (nSPS) is 11.7. The van der Waals surface area contributed by atoms with Crippen molar-refractivity contribution in [2.45, 2.75) is 33.9 Å². The van der Waals surface area contributed by atoms with E-state index in [1.807, 2.05) is 35.6 Å². The standard InChI is InChI=1S/C15H25N7/c1-5-16-15(17-8-10-22-9-6-7-19-22)18-11-14-12(2)20-21(4)13(14)3/h6-7,9H,5,8,10-11H2,1-4H3,(H2,16,17,18). The third kappa shape index (κ3) is 4.09. The molecule has 0 saturated heterocycles. The number of nitrogens with one attached hydrogen (secondary N) is 2. The van der Waals surface area contributed by atoms with Gasteiger partial charge in [-0.1, -0.05) is 0 Å². The molecule has 0 saturated carbocycles. The summed E-state index contributed by atoms with van der Waals surface area (Å²) < 4.78 is 3.80. The van der Waals surface area contributed by atoms with E-state index in [-0.39, 0.29) is 0 Å². The van der Waals surface area contributed by atoms with Gasteiger partial charge in [-0.25, -0.2) is 4.99 Å². The summed E-state index contributed by atoms with van der Waals surface area (Å²) in [6.07, 6.45) is 3.74. The van der Waals surface area contributed by atoms with Crippen LogP contribution in [0.4, 0.5) is 0 Å². The summed E-state index contributed by atoms with van der Waals surface area (Å²) in [6.45, 7) is 9.20. The Hall–Kier alpha value is -2.31. The van der Waals surface area contributed by atoms with E-state index in [1.54, 1.807) is 6.20 Å². The Kier molecular flexibility index (Phi) is 5.57. The molecule has 0 spiro atoms. The molecule has 0 radical (unpaired) electrons. The predicted molar refractivity (Wildman–Crippen MR) is 87.7 cm³/mol. The lowest BCUT2D eigenvalue weighted by Crippen LogP contribution is -2.38. The SMILES string of the molecule is CCNC(=NCc1c(C)nn(C)c1C)NCCn1cccn1. The Labute approximate surface area is 131 Å². The smallest absolute Gasteiger partial charge is 0.191 e. The largest absolute Gasteiger partial charge is 0.357 e. The minimum absolute atomic E-state index is 0.628. The molecule has 2 heterocycles. The highest BCUT2D eigenvalue weighted by molar-refractivity contribution is 5.79. The highest BCUT2D eigenvalue weighted by atomic mass is 15.3. The van der Waals surface area contributed by atoms with E-state index in [2.05, 4.69) is 39.7 Å². The molecule has 0 bridgehead atoms. The second-order valence-electron chi connectivity index (χ2n) is 5.16. The van der Waals surface area contributed by atoms with Crippen molar-refractivity contribution >= 4 is 5.96 Å². The number of aromatic nitrogens is 4. The highest BCUT2D eigenvalue weighted by Crippen LogP contribution is 2.12. The third-order valence-electron chi connectivity index (χ3n) is 3.59. The van der Waals surface area contributed by atoms with Crippen molar-refractivity contribution < 1.29 is 0 Å². The molecule has 2 aromatic heterocycles. The van der Waals surface area contributed by atoms with Crippen molar-refractivity contribution in [2.75, 3.05) is 13.1 Å². The van der Waals surface area contributed by atoms with Crippen molar-refractivity contribution in [3.8, 4) is 0 Å². The predicted octanol–water partition coefficient (Wildman–Crippen LogP) is 0.989. The number of rotatable bonds is 6. The second kappa shape index (κ2) is 7.63. The summed E-state index contributed by atoms with van der Waals surface area (Å²) in [7, 11) is 1.96. The van der Waals surface area contributed by atoms with E-state index in [9.17, 15) is 0 Å². The van der Waals surface area contributed by atoms with Gasteiger partial charge in [0.15, 0.2) is 5.96 Å². The summed E-state index contributed by atoms with van der Waals surface area (Å²) in [5, 5.41) is 15.2. The first-order chi connectivity index (χ1) is 10.6. The maximum Gasteiger partial charge on any atom is 0.191 e. The Morgan fingerprint density at radius 3 is 2.73 bits per heavy atom. The number of aliphatic imine (C=N–C) groups is 1. The van der Waals surface area contributed by atoms with Crippen molar-refractivity contribution in [1.82, 2.24) is 30.2 Å². The zero-order valence-electron chi connectivity index (χ0n) is 13.8. The first-order valence-corrected chi connectivity index (χ1v) is 7.60. The van der Waals surface area contributed by atoms with Crippen LogP contribution in [0, 0.1) is 13.8 Å². The van der Waals surface area contributed by atoms with Crippen LogP contribution in [0.25, 0.3) is 0 Å². The van der Waals surface area contributed by atoms with E-state index < -0.39 is 0 Å². The van der Waals surface area contributed by atoms with E-state index in [4.69, 9.17) is 0 Å². The maximum atomic E-state index is 4.65. The van der Waals surface area contributed by atoms with Crippen molar-refractivity contribution in [3.05, 3.63) is 35.4 Å². The monoisotopic (exact) mass is 303 g/mol. The van der Waals surface area contributed by atoms with Gasteiger partial charge < -0.3 is 10.6 Å². The van der Waals surface area contributed by atoms with Crippen molar-refractivity contribution in [2.24, 2.45) is 12.0 Å². The summed E-state index contributed by atoms with van der Waals surface area (Å²) in [5.74, 6) is 0.817. The van der Waals surface area contributed by atoms with Crippen LogP contribution in [0.1, 0.15) is 23.9 Å². The van der Waals surface area contributed by atoms with Crippen LogP contribution in [0.5, 0.6) is 0 Å². The number of guanidine groups is 1. The molecule has 120 valence electrons. The summed E-state index contributed by atoms with van der Waals surface area (Å²) in [5.41, 5.74) is 3.39. The molecule has 0 aliphatic heterocycles. The lowest BCUT2D eigenvalue weighted by atomic mass is 10.2. The number of nitrogens with zero attached hydrogens (tertiary/aromatic N) is 5. The van der Waals surface area contributed by atoms with Crippen LogP contribution < -0.4 is 10.6 Å². The van der Waals surface area contributed by atoms with Crippen LogP contribution in [-0.4, -0.2) is 38.6 Å². The lowest BCUT2D eigenvalue weighted by Gasteiger charge is -2.11. The number of hydrogen-bond acceptors (Lipinski definition) is 3. The molecule has 0 aliphatic carbocycles.